The summed E-state index contributed by atoms with van der Waals surface area (Å²) in [6, 6.07) is 3.83. The van der Waals surface area contributed by atoms with E-state index in [4.69, 9.17) is 28.2 Å². The number of rotatable bonds is 3. The molecule has 1 unspecified atom stereocenters. The van der Waals surface area contributed by atoms with E-state index in [1.807, 2.05) is 35.8 Å². The van der Waals surface area contributed by atoms with E-state index in [9.17, 15) is 9.59 Å². The number of aryl methyl sites for hydroxylation is 1. The maximum absolute atomic E-state index is 13.0. The quantitative estimate of drug-likeness (QED) is 0.668. The van der Waals surface area contributed by atoms with Crippen molar-refractivity contribution in [1.82, 2.24) is 14.8 Å². The van der Waals surface area contributed by atoms with Crippen LogP contribution in [0, 0.1) is 12.3 Å². The SMILES string of the molecule is Cc1ccc(C(=O)N2CCSC2)c(C2CCN(C(=O)C3(C)CC3(Cl)Cl)CC2)n1. The van der Waals surface area contributed by atoms with Crippen LogP contribution in [0.4, 0.5) is 0 Å². The normalized spacial score (nSPS) is 27.1. The van der Waals surface area contributed by atoms with Gasteiger partial charge in [0.1, 0.15) is 4.33 Å². The minimum Gasteiger partial charge on any atom is -0.342 e. The highest BCUT2D eigenvalue weighted by Gasteiger charge is 2.68. The molecule has 1 aliphatic carbocycles. The Morgan fingerprint density at radius 1 is 1.18 bits per heavy atom. The minimum absolute atomic E-state index is 0.0403. The number of likely N-dealkylation sites (tertiary alicyclic amines) is 1. The lowest BCUT2D eigenvalue weighted by Gasteiger charge is -2.34. The number of halogens is 2. The zero-order valence-electron chi connectivity index (χ0n) is 16.2. The molecule has 3 heterocycles. The highest BCUT2D eigenvalue weighted by molar-refractivity contribution is 7.99. The summed E-state index contributed by atoms with van der Waals surface area (Å²) in [5, 5.41) is 0. The Morgan fingerprint density at radius 2 is 1.86 bits per heavy atom. The number of nitrogens with zero attached hydrogens (tertiary/aromatic N) is 3. The number of alkyl halides is 2. The van der Waals surface area contributed by atoms with Crippen LogP contribution in [-0.2, 0) is 4.79 Å². The first-order chi connectivity index (χ1) is 13.2. The molecule has 4 rings (SSSR count). The van der Waals surface area contributed by atoms with Gasteiger partial charge in [-0.15, -0.1) is 35.0 Å². The van der Waals surface area contributed by atoms with Crippen LogP contribution in [0.2, 0.25) is 0 Å². The van der Waals surface area contributed by atoms with E-state index in [0.717, 1.165) is 42.4 Å². The van der Waals surface area contributed by atoms with Gasteiger partial charge in [-0.3, -0.25) is 14.6 Å². The van der Waals surface area contributed by atoms with Crippen molar-refractivity contribution in [3.63, 3.8) is 0 Å². The summed E-state index contributed by atoms with van der Waals surface area (Å²) in [6.45, 7) is 5.88. The number of hydrogen-bond acceptors (Lipinski definition) is 4. The molecule has 1 atom stereocenters. The molecular formula is C20H25Cl2N3O2S. The van der Waals surface area contributed by atoms with Gasteiger partial charge >= 0.3 is 0 Å². The monoisotopic (exact) mass is 441 g/mol. The first-order valence-electron chi connectivity index (χ1n) is 9.75. The first-order valence-corrected chi connectivity index (χ1v) is 11.7. The van der Waals surface area contributed by atoms with E-state index >= 15 is 0 Å². The molecule has 0 radical (unpaired) electrons. The number of pyridine rings is 1. The minimum atomic E-state index is -0.938. The molecule has 1 saturated carbocycles. The second kappa shape index (κ2) is 7.37. The highest BCUT2D eigenvalue weighted by atomic mass is 35.5. The average Bonchev–Trinajstić information content (AvgIpc) is 3.05. The van der Waals surface area contributed by atoms with Crippen molar-refractivity contribution >= 4 is 46.8 Å². The fraction of sp³-hybridized carbons (Fsp3) is 0.650. The van der Waals surface area contributed by atoms with Crippen molar-refractivity contribution in [2.45, 2.75) is 43.4 Å². The van der Waals surface area contributed by atoms with Crippen molar-refractivity contribution in [1.29, 1.82) is 0 Å². The van der Waals surface area contributed by atoms with Crippen LogP contribution >= 0.6 is 35.0 Å². The molecule has 0 spiro atoms. The molecule has 2 aliphatic heterocycles. The van der Waals surface area contributed by atoms with Gasteiger partial charge in [-0.2, -0.15) is 0 Å². The van der Waals surface area contributed by atoms with Gasteiger partial charge in [0.05, 0.1) is 22.5 Å². The van der Waals surface area contributed by atoms with Gasteiger partial charge in [0, 0.05) is 37.0 Å². The summed E-state index contributed by atoms with van der Waals surface area (Å²) in [5.41, 5.74) is 1.85. The smallest absolute Gasteiger partial charge is 0.256 e. The third-order valence-corrected chi connectivity index (χ3v) is 8.30. The summed E-state index contributed by atoms with van der Waals surface area (Å²) in [6.07, 6.45) is 2.10. The molecule has 2 saturated heterocycles. The summed E-state index contributed by atoms with van der Waals surface area (Å²) in [4.78, 5) is 34.3. The van der Waals surface area contributed by atoms with Gasteiger partial charge in [0.2, 0.25) is 5.91 Å². The van der Waals surface area contributed by atoms with Crippen LogP contribution in [0.3, 0.4) is 0 Å². The number of thioether (sulfide) groups is 1. The van der Waals surface area contributed by atoms with E-state index in [1.165, 1.54) is 0 Å². The van der Waals surface area contributed by atoms with Crippen LogP contribution in [0.15, 0.2) is 12.1 Å². The topological polar surface area (TPSA) is 53.5 Å². The van der Waals surface area contributed by atoms with Gasteiger partial charge in [-0.1, -0.05) is 0 Å². The van der Waals surface area contributed by atoms with Gasteiger partial charge in [-0.05, 0) is 45.2 Å². The number of hydrogen-bond donors (Lipinski definition) is 0. The van der Waals surface area contributed by atoms with E-state index in [0.29, 0.717) is 25.1 Å². The average molecular weight is 442 g/mol. The third-order valence-electron chi connectivity index (χ3n) is 6.23. The Hall–Kier alpha value is -0.980. The zero-order chi connectivity index (χ0) is 20.1. The fourth-order valence-electron chi connectivity index (χ4n) is 4.15. The van der Waals surface area contributed by atoms with E-state index in [-0.39, 0.29) is 17.7 Å². The van der Waals surface area contributed by atoms with Crippen molar-refractivity contribution in [3.8, 4) is 0 Å². The molecule has 8 heteroatoms. The molecule has 0 aromatic carbocycles. The van der Waals surface area contributed by atoms with Gasteiger partial charge in [-0.25, -0.2) is 0 Å². The van der Waals surface area contributed by atoms with Crippen molar-refractivity contribution in [3.05, 3.63) is 29.1 Å². The van der Waals surface area contributed by atoms with Gasteiger partial charge < -0.3 is 9.80 Å². The second-order valence-corrected chi connectivity index (χ2v) is 10.8. The largest absolute Gasteiger partial charge is 0.342 e. The maximum Gasteiger partial charge on any atom is 0.256 e. The van der Waals surface area contributed by atoms with Crippen LogP contribution in [0.1, 0.15) is 53.8 Å². The predicted octanol–water partition coefficient (Wildman–Crippen LogP) is 3.83. The van der Waals surface area contributed by atoms with Gasteiger partial charge in [0.15, 0.2) is 0 Å². The van der Waals surface area contributed by atoms with Crippen molar-refractivity contribution < 1.29 is 9.59 Å². The molecule has 0 bridgehead atoms. The fourth-order valence-corrected chi connectivity index (χ4v) is 5.79. The number of piperidine rings is 1. The van der Waals surface area contributed by atoms with Crippen LogP contribution in [0.25, 0.3) is 0 Å². The van der Waals surface area contributed by atoms with E-state index in [2.05, 4.69) is 0 Å². The summed E-state index contributed by atoms with van der Waals surface area (Å²) < 4.78 is -0.938. The molecule has 3 aliphatic rings. The first kappa shape index (κ1) is 20.3. The Labute approximate surface area is 180 Å². The van der Waals surface area contributed by atoms with Crippen molar-refractivity contribution in [2.75, 3.05) is 31.3 Å². The summed E-state index contributed by atoms with van der Waals surface area (Å²) in [5.74, 6) is 2.03. The van der Waals surface area contributed by atoms with Crippen LogP contribution in [-0.4, -0.2) is 62.2 Å². The lowest BCUT2D eigenvalue weighted by molar-refractivity contribution is -0.137. The lowest BCUT2D eigenvalue weighted by atomic mass is 9.89. The van der Waals surface area contributed by atoms with Crippen LogP contribution < -0.4 is 0 Å². The Morgan fingerprint density at radius 3 is 2.43 bits per heavy atom. The van der Waals surface area contributed by atoms with E-state index < -0.39 is 9.75 Å². The summed E-state index contributed by atoms with van der Waals surface area (Å²) in [7, 11) is 0. The number of carbonyl (C=O) groups excluding carboxylic acids is 2. The number of carbonyl (C=O) groups is 2. The van der Waals surface area contributed by atoms with Gasteiger partial charge in [0.25, 0.3) is 5.91 Å². The predicted molar refractivity (Wildman–Crippen MR) is 113 cm³/mol. The van der Waals surface area contributed by atoms with Crippen molar-refractivity contribution in [2.24, 2.45) is 5.41 Å². The molecular weight excluding hydrogens is 417 g/mol. The molecule has 2 amide bonds. The van der Waals surface area contributed by atoms with Crippen LogP contribution in [0.5, 0.6) is 0 Å². The Kier molecular flexibility index (Phi) is 5.34. The molecule has 152 valence electrons. The lowest BCUT2D eigenvalue weighted by Crippen LogP contribution is -2.43. The number of aromatic nitrogens is 1. The molecule has 1 aromatic heterocycles. The van der Waals surface area contributed by atoms with E-state index in [1.54, 1.807) is 11.8 Å². The Balaban J connectivity index is 1.48. The zero-order valence-corrected chi connectivity index (χ0v) is 18.5. The molecule has 1 aromatic rings. The highest BCUT2D eigenvalue weighted by Crippen LogP contribution is 2.64. The maximum atomic E-state index is 13.0. The molecule has 0 N–H and O–H groups in total. The Bertz CT molecular complexity index is 805. The standard InChI is InChI=1S/C20H25Cl2N3O2S/c1-13-3-4-15(17(26)25-9-10-28-12-25)16(23-13)14-5-7-24(8-6-14)18(27)19(2)11-20(19,21)22/h3-4,14H,5-12H2,1-2H3. The second-order valence-electron chi connectivity index (χ2n) is 8.27. The molecule has 3 fully saturated rings. The summed E-state index contributed by atoms with van der Waals surface area (Å²) >= 11 is 14.2. The molecule has 28 heavy (non-hydrogen) atoms. The third kappa shape index (κ3) is 3.52. The molecule has 5 nitrogen and oxygen atoms in total. The number of amides is 2.